The Morgan fingerprint density at radius 3 is 2.29 bits per heavy atom. The number of ether oxygens (including phenoxy) is 1. The van der Waals surface area contributed by atoms with Gasteiger partial charge in [-0.1, -0.05) is 41.9 Å². The second-order valence-electron chi connectivity index (χ2n) is 3.90. The fourth-order valence-corrected chi connectivity index (χ4v) is 5.54. The Balaban J connectivity index is 2.91. The van der Waals surface area contributed by atoms with Gasteiger partial charge < -0.3 is 4.74 Å². The first-order valence-corrected chi connectivity index (χ1v) is 8.03. The number of halogens is 1. The maximum atomic E-state index is 12.0. The Bertz CT molecular complexity index is 262. The van der Waals surface area contributed by atoms with Crippen molar-refractivity contribution < 1.29 is 13.2 Å². The van der Waals surface area contributed by atoms with Crippen LogP contribution in [0, 0.1) is 0 Å². The minimum Gasteiger partial charge on any atom is -0.383 e. The molecule has 0 heterocycles. The van der Waals surface area contributed by atoms with E-state index >= 15 is 0 Å². The van der Waals surface area contributed by atoms with Crippen LogP contribution in [0.1, 0.15) is 32.1 Å². The van der Waals surface area contributed by atoms with Crippen molar-refractivity contribution in [2.45, 2.75) is 36.9 Å². The third-order valence-corrected chi connectivity index (χ3v) is 7.57. The molecule has 0 atom stereocenters. The lowest BCUT2D eigenvalue weighted by Crippen LogP contribution is -2.45. The summed E-state index contributed by atoms with van der Waals surface area (Å²) in [6.45, 7) is 0.359. The highest BCUT2D eigenvalue weighted by molar-refractivity contribution is 14.1. The van der Waals surface area contributed by atoms with Crippen molar-refractivity contribution in [1.82, 2.24) is 0 Å². The average Bonchev–Trinajstić information content (AvgIpc) is 2.19. The number of hydrogen-bond donors (Lipinski definition) is 0. The van der Waals surface area contributed by atoms with Crippen molar-refractivity contribution in [3.8, 4) is 0 Å². The topological polar surface area (TPSA) is 43.4 Å². The van der Waals surface area contributed by atoms with Crippen LogP contribution in [-0.2, 0) is 14.6 Å². The molecule has 0 aromatic heterocycles. The summed E-state index contributed by atoms with van der Waals surface area (Å²) in [5.74, 6) is 0. The van der Waals surface area contributed by atoms with E-state index in [2.05, 4.69) is 0 Å². The molecule has 1 fully saturated rings. The number of alkyl halides is 1. The molecule has 0 spiro atoms. The largest absolute Gasteiger partial charge is 0.383 e. The molecule has 1 rings (SSSR count). The van der Waals surface area contributed by atoms with E-state index in [0.717, 1.165) is 32.1 Å². The van der Waals surface area contributed by atoms with Crippen molar-refractivity contribution >= 4 is 32.4 Å². The third kappa shape index (κ3) is 2.41. The predicted molar refractivity (Wildman–Crippen MR) is 65.5 cm³/mol. The fourth-order valence-electron chi connectivity index (χ4n) is 2.12. The molecule has 0 bridgehead atoms. The van der Waals surface area contributed by atoms with Gasteiger partial charge in [-0.2, -0.15) is 0 Å². The highest BCUT2D eigenvalue weighted by Crippen LogP contribution is 2.36. The van der Waals surface area contributed by atoms with Crippen LogP contribution in [0.4, 0.5) is 0 Å². The van der Waals surface area contributed by atoms with Gasteiger partial charge in [-0.05, 0) is 12.8 Å². The number of sulfone groups is 1. The van der Waals surface area contributed by atoms with Gasteiger partial charge >= 0.3 is 0 Å². The van der Waals surface area contributed by atoms with Gasteiger partial charge in [0.1, 0.15) is 3.76 Å². The van der Waals surface area contributed by atoms with E-state index in [-0.39, 0.29) is 3.76 Å². The lowest BCUT2D eigenvalue weighted by molar-refractivity contribution is 0.144. The molecule has 0 amide bonds. The first-order chi connectivity index (χ1) is 6.58. The van der Waals surface area contributed by atoms with Gasteiger partial charge in [-0.3, -0.25) is 0 Å². The number of methoxy groups -OCH3 is 1. The van der Waals surface area contributed by atoms with Crippen LogP contribution >= 0.6 is 22.6 Å². The molecule has 0 N–H and O–H groups in total. The first-order valence-electron chi connectivity index (χ1n) is 4.85. The predicted octanol–water partition coefficient (Wildman–Crippen LogP) is 2.14. The van der Waals surface area contributed by atoms with Crippen LogP contribution in [0.15, 0.2) is 0 Å². The maximum absolute atomic E-state index is 12.0. The molecule has 0 aromatic rings. The van der Waals surface area contributed by atoms with Crippen molar-refractivity contribution in [1.29, 1.82) is 0 Å². The summed E-state index contributed by atoms with van der Waals surface area (Å²) in [6, 6.07) is 0. The summed E-state index contributed by atoms with van der Waals surface area (Å²) >= 11 is 1.94. The van der Waals surface area contributed by atoms with E-state index in [1.807, 2.05) is 22.6 Å². The van der Waals surface area contributed by atoms with Crippen molar-refractivity contribution in [2.75, 3.05) is 17.5 Å². The van der Waals surface area contributed by atoms with Gasteiger partial charge in [0.2, 0.25) is 0 Å². The van der Waals surface area contributed by atoms with Crippen LogP contribution in [0.2, 0.25) is 0 Å². The minimum absolute atomic E-state index is 0.202. The van der Waals surface area contributed by atoms with Crippen molar-refractivity contribution in [3.05, 3.63) is 0 Å². The zero-order valence-electron chi connectivity index (χ0n) is 8.46. The molecule has 84 valence electrons. The van der Waals surface area contributed by atoms with E-state index in [1.54, 1.807) is 7.11 Å². The highest BCUT2D eigenvalue weighted by Gasteiger charge is 2.43. The van der Waals surface area contributed by atoms with Gasteiger partial charge in [0.15, 0.2) is 9.84 Å². The molecule has 14 heavy (non-hydrogen) atoms. The van der Waals surface area contributed by atoms with Crippen LogP contribution in [0.5, 0.6) is 0 Å². The molecule has 0 aliphatic heterocycles. The quantitative estimate of drug-likeness (QED) is 0.585. The first kappa shape index (κ1) is 12.7. The fraction of sp³-hybridized carbons (Fsp3) is 1.00. The van der Waals surface area contributed by atoms with E-state index < -0.39 is 14.6 Å². The molecule has 3 nitrogen and oxygen atoms in total. The van der Waals surface area contributed by atoms with Crippen molar-refractivity contribution in [2.24, 2.45) is 0 Å². The number of rotatable bonds is 4. The third-order valence-electron chi connectivity index (χ3n) is 2.98. The Kier molecular flexibility index (Phi) is 4.64. The van der Waals surface area contributed by atoms with E-state index in [0.29, 0.717) is 6.61 Å². The summed E-state index contributed by atoms with van der Waals surface area (Å²) < 4.78 is 28.7. The molecule has 1 aliphatic rings. The lowest BCUT2D eigenvalue weighted by atomic mass is 9.89. The maximum Gasteiger partial charge on any atom is 0.167 e. The molecule has 5 heteroatoms. The number of hydrogen-bond acceptors (Lipinski definition) is 3. The molecular weight excluding hydrogens is 315 g/mol. The second kappa shape index (κ2) is 5.12. The standard InChI is InChI=1S/C9H17IO3S/c1-13-7-9(14(11,12)8-10)5-3-2-4-6-9/h2-8H2,1H3. The van der Waals surface area contributed by atoms with Crippen LogP contribution in [0.25, 0.3) is 0 Å². The molecule has 0 aromatic carbocycles. The lowest BCUT2D eigenvalue weighted by Gasteiger charge is -2.35. The van der Waals surface area contributed by atoms with Gasteiger partial charge in [-0.15, -0.1) is 0 Å². The van der Waals surface area contributed by atoms with E-state index in [9.17, 15) is 8.42 Å². The summed E-state index contributed by atoms with van der Waals surface area (Å²) in [5.41, 5.74) is 0. The normalized spacial score (nSPS) is 22.1. The highest BCUT2D eigenvalue weighted by atomic mass is 127. The summed E-state index contributed by atoms with van der Waals surface area (Å²) in [7, 11) is -1.40. The summed E-state index contributed by atoms with van der Waals surface area (Å²) in [4.78, 5) is 0. The minimum atomic E-state index is -2.98. The molecule has 1 aliphatic carbocycles. The SMILES string of the molecule is COCC1(S(=O)(=O)CI)CCCCC1. The molecule has 0 saturated heterocycles. The molecule has 1 saturated carbocycles. The molecule has 0 radical (unpaired) electrons. The average molecular weight is 332 g/mol. The smallest absolute Gasteiger partial charge is 0.167 e. The Hall–Kier alpha value is 0.640. The Labute approximate surface area is 99.7 Å². The molecular formula is C9H17IO3S. The van der Waals surface area contributed by atoms with Crippen LogP contribution < -0.4 is 0 Å². The van der Waals surface area contributed by atoms with Crippen LogP contribution in [0.3, 0.4) is 0 Å². The summed E-state index contributed by atoms with van der Waals surface area (Å²) in [5, 5.41) is 0. The monoisotopic (exact) mass is 332 g/mol. The molecule has 0 unspecified atom stereocenters. The second-order valence-corrected chi connectivity index (χ2v) is 8.08. The van der Waals surface area contributed by atoms with Gasteiger partial charge in [-0.25, -0.2) is 8.42 Å². The van der Waals surface area contributed by atoms with Crippen LogP contribution in [-0.4, -0.2) is 30.6 Å². The zero-order valence-corrected chi connectivity index (χ0v) is 11.4. The van der Waals surface area contributed by atoms with E-state index in [4.69, 9.17) is 4.74 Å². The Morgan fingerprint density at radius 1 is 1.29 bits per heavy atom. The summed E-state index contributed by atoms with van der Waals surface area (Å²) in [6.07, 6.45) is 4.72. The van der Waals surface area contributed by atoms with Gasteiger partial charge in [0.25, 0.3) is 0 Å². The van der Waals surface area contributed by atoms with E-state index in [1.165, 1.54) is 0 Å². The van der Waals surface area contributed by atoms with Gasteiger partial charge in [0.05, 0.1) is 11.4 Å². The zero-order chi connectivity index (χ0) is 10.7. The van der Waals surface area contributed by atoms with Gasteiger partial charge in [0, 0.05) is 7.11 Å². The Morgan fingerprint density at radius 2 is 1.86 bits per heavy atom. The van der Waals surface area contributed by atoms with Crippen molar-refractivity contribution in [3.63, 3.8) is 0 Å².